The van der Waals surface area contributed by atoms with Crippen molar-refractivity contribution in [3.8, 4) is 0 Å². The lowest BCUT2D eigenvalue weighted by molar-refractivity contribution is -0.123. The Kier molecular flexibility index (Phi) is 3.71. The largest absolute Gasteiger partial charge is 0.354 e. The van der Waals surface area contributed by atoms with Crippen LogP contribution in [-0.2, 0) is 11.2 Å². The third kappa shape index (κ3) is 3.10. The van der Waals surface area contributed by atoms with Crippen LogP contribution in [-0.4, -0.2) is 18.0 Å². The highest BCUT2D eigenvalue weighted by molar-refractivity contribution is 5.84. The monoisotopic (exact) mass is 246 g/mol. The van der Waals surface area contributed by atoms with E-state index >= 15 is 0 Å². The molecule has 1 aromatic rings. The van der Waals surface area contributed by atoms with Crippen LogP contribution < -0.4 is 11.1 Å². The van der Waals surface area contributed by atoms with Crippen LogP contribution in [0.1, 0.15) is 43.7 Å². The molecule has 0 bridgehead atoms. The van der Waals surface area contributed by atoms with E-state index in [0.717, 1.165) is 19.3 Å². The molecule has 1 aliphatic carbocycles. The number of rotatable bonds is 3. The van der Waals surface area contributed by atoms with Gasteiger partial charge in [-0.05, 0) is 44.2 Å². The maximum Gasteiger partial charge on any atom is 0.227 e. The molecule has 0 saturated heterocycles. The highest BCUT2D eigenvalue weighted by Gasteiger charge is 2.26. The summed E-state index contributed by atoms with van der Waals surface area (Å²) in [6, 6.07) is 8.26. The number of amides is 1. The van der Waals surface area contributed by atoms with Gasteiger partial charge in [-0.25, -0.2) is 0 Å². The quantitative estimate of drug-likeness (QED) is 0.856. The van der Waals surface area contributed by atoms with Crippen molar-refractivity contribution in [3.63, 3.8) is 0 Å². The average molecular weight is 246 g/mol. The molecule has 1 aliphatic rings. The summed E-state index contributed by atoms with van der Waals surface area (Å²) >= 11 is 0. The van der Waals surface area contributed by atoms with Crippen molar-refractivity contribution in [2.24, 2.45) is 5.73 Å². The maximum atomic E-state index is 12.2. The van der Waals surface area contributed by atoms with Gasteiger partial charge < -0.3 is 11.1 Å². The van der Waals surface area contributed by atoms with Crippen LogP contribution in [0.15, 0.2) is 24.3 Å². The van der Waals surface area contributed by atoms with Crippen LogP contribution in [0.5, 0.6) is 0 Å². The average Bonchev–Trinajstić information content (AvgIpc) is 2.34. The number of nitrogens with one attached hydrogen (secondary N) is 1. The fraction of sp³-hybridized carbons (Fsp3) is 0.533. The third-order valence-electron chi connectivity index (χ3n) is 3.40. The van der Waals surface area contributed by atoms with Crippen molar-refractivity contribution in [1.29, 1.82) is 0 Å². The smallest absolute Gasteiger partial charge is 0.227 e. The molecule has 1 unspecified atom stereocenters. The first-order chi connectivity index (χ1) is 8.47. The predicted molar refractivity (Wildman–Crippen MR) is 73.4 cm³/mol. The number of aryl methyl sites for hydroxylation is 1. The lowest BCUT2D eigenvalue weighted by Gasteiger charge is -2.26. The minimum absolute atomic E-state index is 0.00250. The molecule has 2 rings (SSSR count). The number of fused-ring (bicyclic) bond motifs is 1. The number of nitrogens with two attached hydrogens (primary N) is 1. The summed E-state index contributed by atoms with van der Waals surface area (Å²) in [5, 5.41) is 2.97. The van der Waals surface area contributed by atoms with Crippen LogP contribution in [0, 0.1) is 0 Å². The van der Waals surface area contributed by atoms with Gasteiger partial charge in [-0.3, -0.25) is 4.79 Å². The molecule has 3 heteroatoms. The van der Waals surface area contributed by atoms with Crippen LogP contribution in [0.4, 0.5) is 0 Å². The van der Waals surface area contributed by atoms with Gasteiger partial charge in [0.15, 0.2) is 0 Å². The van der Waals surface area contributed by atoms with Gasteiger partial charge >= 0.3 is 0 Å². The molecule has 0 spiro atoms. The second-order valence-electron chi connectivity index (χ2n) is 5.85. The number of carbonyl (C=O) groups is 1. The highest BCUT2D eigenvalue weighted by Crippen LogP contribution is 2.31. The number of benzene rings is 1. The number of carbonyl (C=O) groups excluding carboxylic acids is 1. The minimum Gasteiger partial charge on any atom is -0.354 e. The van der Waals surface area contributed by atoms with E-state index in [1.54, 1.807) is 0 Å². The van der Waals surface area contributed by atoms with Crippen LogP contribution in [0.25, 0.3) is 0 Å². The van der Waals surface area contributed by atoms with Crippen molar-refractivity contribution in [1.82, 2.24) is 5.32 Å². The van der Waals surface area contributed by atoms with E-state index in [0.29, 0.717) is 6.54 Å². The first kappa shape index (κ1) is 13.1. The molecular weight excluding hydrogens is 224 g/mol. The summed E-state index contributed by atoms with van der Waals surface area (Å²) < 4.78 is 0. The Balaban J connectivity index is 2.08. The van der Waals surface area contributed by atoms with Gasteiger partial charge in [0.2, 0.25) is 5.91 Å². The Morgan fingerprint density at radius 1 is 1.44 bits per heavy atom. The zero-order chi connectivity index (χ0) is 13.2. The first-order valence-corrected chi connectivity index (χ1v) is 6.62. The lowest BCUT2D eigenvalue weighted by Crippen LogP contribution is -2.46. The van der Waals surface area contributed by atoms with Gasteiger partial charge in [0.05, 0.1) is 5.92 Å². The molecule has 1 aromatic carbocycles. The Labute approximate surface area is 109 Å². The van der Waals surface area contributed by atoms with E-state index in [-0.39, 0.29) is 17.4 Å². The summed E-state index contributed by atoms with van der Waals surface area (Å²) in [6.45, 7) is 4.36. The van der Waals surface area contributed by atoms with Gasteiger partial charge in [-0.2, -0.15) is 0 Å². The summed E-state index contributed by atoms with van der Waals surface area (Å²) in [7, 11) is 0. The zero-order valence-electron chi connectivity index (χ0n) is 11.2. The van der Waals surface area contributed by atoms with Crippen LogP contribution >= 0.6 is 0 Å². The van der Waals surface area contributed by atoms with Crippen LogP contribution in [0.3, 0.4) is 0 Å². The van der Waals surface area contributed by atoms with Gasteiger partial charge in [0.1, 0.15) is 0 Å². The van der Waals surface area contributed by atoms with Crippen molar-refractivity contribution in [3.05, 3.63) is 35.4 Å². The van der Waals surface area contributed by atoms with Gasteiger partial charge in [-0.15, -0.1) is 0 Å². The van der Waals surface area contributed by atoms with Crippen LogP contribution in [0.2, 0.25) is 0 Å². The molecule has 3 N–H and O–H groups in total. The fourth-order valence-electron chi connectivity index (χ4n) is 2.46. The molecule has 0 radical (unpaired) electrons. The molecule has 3 nitrogen and oxygen atoms in total. The van der Waals surface area contributed by atoms with Gasteiger partial charge in [0, 0.05) is 12.1 Å². The minimum atomic E-state index is -0.357. The Morgan fingerprint density at radius 2 is 2.17 bits per heavy atom. The van der Waals surface area contributed by atoms with Gasteiger partial charge in [0.25, 0.3) is 0 Å². The summed E-state index contributed by atoms with van der Waals surface area (Å²) in [5.74, 6) is 0.109. The molecule has 0 heterocycles. The summed E-state index contributed by atoms with van der Waals surface area (Å²) in [6.07, 6.45) is 3.11. The molecule has 0 fully saturated rings. The van der Waals surface area contributed by atoms with E-state index in [9.17, 15) is 4.79 Å². The standard InChI is InChI=1S/C15H22N2O/c1-15(2,16)10-17-14(18)13-9-5-7-11-6-3-4-8-12(11)13/h3-4,6,8,13H,5,7,9-10,16H2,1-2H3,(H,17,18). The Bertz CT molecular complexity index is 434. The Hall–Kier alpha value is -1.35. The SMILES string of the molecule is CC(C)(N)CNC(=O)C1CCCc2ccccc21. The molecule has 98 valence electrons. The second kappa shape index (κ2) is 5.11. The van der Waals surface area contributed by atoms with E-state index in [1.807, 2.05) is 26.0 Å². The van der Waals surface area contributed by atoms with Crippen molar-refractivity contribution in [2.75, 3.05) is 6.54 Å². The van der Waals surface area contributed by atoms with Gasteiger partial charge in [-0.1, -0.05) is 24.3 Å². The van der Waals surface area contributed by atoms with E-state index < -0.39 is 0 Å². The van der Waals surface area contributed by atoms with E-state index in [1.165, 1.54) is 11.1 Å². The zero-order valence-corrected chi connectivity index (χ0v) is 11.2. The summed E-state index contributed by atoms with van der Waals surface area (Å²) in [4.78, 5) is 12.2. The van der Waals surface area contributed by atoms with E-state index in [2.05, 4.69) is 17.4 Å². The normalized spacial score (nSPS) is 19.2. The Morgan fingerprint density at radius 3 is 2.89 bits per heavy atom. The molecule has 1 atom stereocenters. The molecular formula is C15H22N2O. The van der Waals surface area contributed by atoms with E-state index in [4.69, 9.17) is 5.73 Å². The number of hydrogen-bond donors (Lipinski definition) is 2. The van der Waals surface area contributed by atoms with Crippen molar-refractivity contribution >= 4 is 5.91 Å². The first-order valence-electron chi connectivity index (χ1n) is 6.62. The number of hydrogen-bond acceptors (Lipinski definition) is 2. The molecule has 0 saturated carbocycles. The highest BCUT2D eigenvalue weighted by atomic mass is 16.1. The predicted octanol–water partition coefficient (Wildman–Crippen LogP) is 1.96. The fourth-order valence-corrected chi connectivity index (χ4v) is 2.46. The molecule has 1 amide bonds. The third-order valence-corrected chi connectivity index (χ3v) is 3.40. The summed E-state index contributed by atoms with van der Waals surface area (Å²) in [5.41, 5.74) is 8.04. The van der Waals surface area contributed by atoms with Crippen molar-refractivity contribution in [2.45, 2.75) is 44.6 Å². The van der Waals surface area contributed by atoms with Crippen molar-refractivity contribution < 1.29 is 4.79 Å². The maximum absolute atomic E-state index is 12.2. The lowest BCUT2D eigenvalue weighted by atomic mass is 9.82. The molecule has 18 heavy (non-hydrogen) atoms. The second-order valence-corrected chi connectivity index (χ2v) is 5.85. The topological polar surface area (TPSA) is 55.1 Å². The molecule has 0 aliphatic heterocycles. The molecule has 0 aromatic heterocycles.